The van der Waals surface area contributed by atoms with Gasteiger partial charge in [0.1, 0.15) is 0 Å². The third kappa shape index (κ3) is 4.13. The number of ketones is 1. The summed E-state index contributed by atoms with van der Waals surface area (Å²) >= 11 is 5.17. The lowest BCUT2D eigenvalue weighted by atomic mass is 10.1. The van der Waals surface area contributed by atoms with Gasteiger partial charge in [-0.25, -0.2) is 4.79 Å². The minimum Gasteiger partial charge on any atom is -0.478 e. The first-order valence-corrected chi connectivity index (χ1v) is 6.89. The Hall–Kier alpha value is -2.73. The van der Waals surface area contributed by atoms with Crippen molar-refractivity contribution in [2.24, 2.45) is 0 Å². The molecule has 0 saturated heterocycles. The summed E-state index contributed by atoms with van der Waals surface area (Å²) < 4.78 is 0. The van der Waals surface area contributed by atoms with Crippen LogP contribution in [0.5, 0.6) is 0 Å². The van der Waals surface area contributed by atoms with Crippen molar-refractivity contribution in [1.29, 1.82) is 0 Å². The van der Waals surface area contributed by atoms with E-state index in [4.69, 9.17) is 17.3 Å². The van der Waals surface area contributed by atoms with E-state index < -0.39 is 5.97 Å². The summed E-state index contributed by atoms with van der Waals surface area (Å²) in [7, 11) is 0. The third-order valence-electron chi connectivity index (χ3n) is 2.92. The van der Waals surface area contributed by atoms with Crippen molar-refractivity contribution in [1.82, 2.24) is 0 Å². The maximum absolute atomic E-state index is 11.2. The molecule has 0 bridgehead atoms. The molecule has 0 aliphatic heterocycles. The molecule has 0 amide bonds. The molecule has 0 fully saturated rings. The van der Waals surface area contributed by atoms with E-state index >= 15 is 0 Å². The number of benzene rings is 2. The van der Waals surface area contributed by atoms with Crippen molar-refractivity contribution < 1.29 is 14.7 Å². The summed E-state index contributed by atoms with van der Waals surface area (Å²) in [6.07, 6.45) is 0. The second kappa shape index (κ2) is 6.82. The summed E-state index contributed by atoms with van der Waals surface area (Å²) in [5, 5.41) is 15.2. The van der Waals surface area contributed by atoms with E-state index in [1.165, 1.54) is 19.1 Å². The topological polar surface area (TPSA) is 78.4 Å². The minimum absolute atomic E-state index is 0.00210. The Balaban J connectivity index is 2.02. The maximum atomic E-state index is 11.2. The SMILES string of the molecule is CC(=O)c1ccc(NC(=S)Nc2cccc(C(=O)O)c2)cc1. The number of Topliss-reactive ketones (excluding diaryl/α,β-unsaturated/α-hetero) is 1. The monoisotopic (exact) mass is 314 g/mol. The van der Waals surface area contributed by atoms with Gasteiger partial charge in [0.05, 0.1) is 5.56 Å². The van der Waals surface area contributed by atoms with Crippen LogP contribution in [0.25, 0.3) is 0 Å². The summed E-state index contributed by atoms with van der Waals surface area (Å²) in [4.78, 5) is 22.1. The van der Waals surface area contributed by atoms with Crippen molar-refractivity contribution in [3.8, 4) is 0 Å². The molecule has 2 aromatic rings. The number of carbonyl (C=O) groups excluding carboxylic acids is 1. The average molecular weight is 314 g/mol. The number of aromatic carboxylic acids is 1. The van der Waals surface area contributed by atoms with Crippen LogP contribution in [0.15, 0.2) is 48.5 Å². The van der Waals surface area contributed by atoms with Gasteiger partial charge in [-0.15, -0.1) is 0 Å². The summed E-state index contributed by atoms with van der Waals surface area (Å²) in [6.45, 7) is 1.50. The zero-order valence-corrected chi connectivity index (χ0v) is 12.6. The van der Waals surface area contributed by atoms with Crippen molar-refractivity contribution in [3.63, 3.8) is 0 Å². The Morgan fingerprint density at radius 2 is 1.59 bits per heavy atom. The Bertz CT molecular complexity index is 726. The molecule has 112 valence electrons. The molecule has 3 N–H and O–H groups in total. The third-order valence-corrected chi connectivity index (χ3v) is 3.12. The molecule has 5 nitrogen and oxygen atoms in total. The van der Waals surface area contributed by atoms with Crippen LogP contribution in [0, 0.1) is 0 Å². The molecular weight excluding hydrogens is 300 g/mol. The summed E-state index contributed by atoms with van der Waals surface area (Å²) in [5.74, 6) is -1.000. The number of carbonyl (C=O) groups is 2. The van der Waals surface area contributed by atoms with Gasteiger partial charge in [-0.3, -0.25) is 4.79 Å². The zero-order chi connectivity index (χ0) is 16.1. The van der Waals surface area contributed by atoms with E-state index in [2.05, 4.69) is 10.6 Å². The van der Waals surface area contributed by atoms with Crippen molar-refractivity contribution >= 4 is 40.5 Å². The molecular formula is C16H14N2O3S. The van der Waals surface area contributed by atoms with E-state index in [9.17, 15) is 9.59 Å². The highest BCUT2D eigenvalue weighted by Crippen LogP contribution is 2.13. The van der Waals surface area contributed by atoms with Gasteiger partial charge < -0.3 is 15.7 Å². The molecule has 0 radical (unpaired) electrons. The van der Waals surface area contributed by atoms with E-state index in [0.717, 1.165) is 5.69 Å². The Morgan fingerprint density at radius 1 is 0.955 bits per heavy atom. The van der Waals surface area contributed by atoms with Crippen molar-refractivity contribution in [3.05, 3.63) is 59.7 Å². The number of hydrogen-bond donors (Lipinski definition) is 3. The number of carboxylic acid groups (broad SMARTS) is 1. The van der Waals surface area contributed by atoms with E-state index in [1.807, 2.05) is 0 Å². The molecule has 0 heterocycles. The van der Waals surface area contributed by atoms with Crippen LogP contribution in [0.4, 0.5) is 11.4 Å². The van der Waals surface area contributed by atoms with Crippen LogP contribution >= 0.6 is 12.2 Å². The highest BCUT2D eigenvalue weighted by atomic mass is 32.1. The average Bonchev–Trinajstić information content (AvgIpc) is 2.47. The number of carboxylic acids is 1. The van der Waals surface area contributed by atoms with Crippen LogP contribution in [-0.2, 0) is 0 Å². The van der Waals surface area contributed by atoms with Gasteiger partial charge in [-0.05, 0) is 61.6 Å². The Morgan fingerprint density at radius 3 is 2.18 bits per heavy atom. The standard InChI is InChI=1S/C16H14N2O3S/c1-10(19)11-5-7-13(8-6-11)17-16(22)18-14-4-2-3-12(9-14)15(20)21/h2-9H,1H3,(H,20,21)(H2,17,18,22). The molecule has 22 heavy (non-hydrogen) atoms. The molecule has 2 rings (SSSR count). The second-order valence-electron chi connectivity index (χ2n) is 4.60. The van der Waals surface area contributed by atoms with E-state index in [1.54, 1.807) is 36.4 Å². The van der Waals surface area contributed by atoms with Crippen LogP contribution in [0.2, 0.25) is 0 Å². The number of thiocarbonyl (C=S) groups is 1. The van der Waals surface area contributed by atoms with Gasteiger partial charge in [-0.2, -0.15) is 0 Å². The second-order valence-corrected chi connectivity index (χ2v) is 5.01. The molecule has 2 aromatic carbocycles. The van der Waals surface area contributed by atoms with Crippen LogP contribution in [0.3, 0.4) is 0 Å². The molecule has 0 atom stereocenters. The van der Waals surface area contributed by atoms with Gasteiger partial charge in [0, 0.05) is 16.9 Å². The number of anilines is 2. The molecule has 0 aromatic heterocycles. The smallest absolute Gasteiger partial charge is 0.335 e. The Labute approximate surface area is 133 Å². The predicted octanol–water partition coefficient (Wildman–Crippen LogP) is 3.40. The number of nitrogens with one attached hydrogen (secondary N) is 2. The number of rotatable bonds is 4. The fourth-order valence-electron chi connectivity index (χ4n) is 1.81. The molecule has 6 heteroatoms. The van der Waals surface area contributed by atoms with Gasteiger partial charge in [0.25, 0.3) is 0 Å². The zero-order valence-electron chi connectivity index (χ0n) is 11.8. The van der Waals surface area contributed by atoms with Gasteiger partial charge in [0.2, 0.25) is 0 Å². The maximum Gasteiger partial charge on any atom is 0.335 e. The highest BCUT2D eigenvalue weighted by Gasteiger charge is 2.05. The lowest BCUT2D eigenvalue weighted by Crippen LogP contribution is -2.19. The van der Waals surface area contributed by atoms with Crippen molar-refractivity contribution in [2.75, 3.05) is 10.6 Å². The number of hydrogen-bond acceptors (Lipinski definition) is 3. The fraction of sp³-hybridized carbons (Fsp3) is 0.0625. The lowest BCUT2D eigenvalue weighted by molar-refractivity contribution is 0.0696. The molecule has 0 aliphatic rings. The van der Waals surface area contributed by atoms with E-state index in [0.29, 0.717) is 16.4 Å². The van der Waals surface area contributed by atoms with Crippen molar-refractivity contribution in [2.45, 2.75) is 6.92 Å². The summed E-state index contributed by atoms with van der Waals surface area (Å²) in [5.41, 5.74) is 2.12. The molecule has 0 unspecified atom stereocenters. The van der Waals surface area contributed by atoms with Crippen LogP contribution in [0.1, 0.15) is 27.6 Å². The first kappa shape index (κ1) is 15.7. The minimum atomic E-state index is -0.998. The predicted molar refractivity (Wildman–Crippen MR) is 89.7 cm³/mol. The van der Waals surface area contributed by atoms with E-state index in [-0.39, 0.29) is 11.3 Å². The van der Waals surface area contributed by atoms with Gasteiger partial charge in [0.15, 0.2) is 10.9 Å². The normalized spacial score (nSPS) is 9.86. The van der Waals surface area contributed by atoms with Gasteiger partial charge in [-0.1, -0.05) is 6.07 Å². The highest BCUT2D eigenvalue weighted by molar-refractivity contribution is 7.80. The molecule has 0 aliphatic carbocycles. The summed E-state index contributed by atoms with van der Waals surface area (Å²) in [6, 6.07) is 13.3. The first-order valence-electron chi connectivity index (χ1n) is 6.48. The van der Waals surface area contributed by atoms with Crippen LogP contribution < -0.4 is 10.6 Å². The first-order chi connectivity index (χ1) is 10.5. The Kier molecular flexibility index (Phi) is 4.85. The quantitative estimate of drug-likeness (QED) is 0.593. The fourth-order valence-corrected chi connectivity index (χ4v) is 2.05. The molecule has 0 spiro atoms. The lowest BCUT2D eigenvalue weighted by Gasteiger charge is -2.11. The van der Waals surface area contributed by atoms with Crippen LogP contribution in [-0.4, -0.2) is 22.0 Å². The molecule has 0 saturated carbocycles. The largest absolute Gasteiger partial charge is 0.478 e. The van der Waals surface area contributed by atoms with Gasteiger partial charge >= 0.3 is 5.97 Å².